The van der Waals surface area contributed by atoms with Crippen LogP contribution in [0.3, 0.4) is 0 Å². The molecule has 0 aliphatic carbocycles. The van der Waals surface area contributed by atoms with Crippen molar-refractivity contribution in [2.45, 2.75) is 52.1 Å². The normalized spacial score (nSPS) is 40.1. The number of hydrogen-bond acceptors (Lipinski definition) is 2. The molecule has 0 radical (unpaired) electrons. The molecule has 3 heteroatoms. The molecule has 2 aliphatic heterocycles. The molecule has 0 aromatic heterocycles. The van der Waals surface area contributed by atoms with Gasteiger partial charge in [0.1, 0.15) is 0 Å². The van der Waals surface area contributed by atoms with E-state index in [1.165, 1.54) is 6.42 Å². The van der Waals surface area contributed by atoms with E-state index in [0.29, 0.717) is 23.8 Å². The zero-order valence-electron chi connectivity index (χ0n) is 10.7. The maximum atomic E-state index is 12.4. The summed E-state index contributed by atoms with van der Waals surface area (Å²) in [6.45, 7) is 8.60. The summed E-state index contributed by atoms with van der Waals surface area (Å²) in [4.78, 5) is 14.4. The van der Waals surface area contributed by atoms with Crippen molar-refractivity contribution in [2.75, 3.05) is 13.1 Å². The van der Waals surface area contributed by atoms with Crippen molar-refractivity contribution in [3.8, 4) is 0 Å². The summed E-state index contributed by atoms with van der Waals surface area (Å²) in [5.74, 6) is 1.69. The molecule has 0 spiro atoms. The zero-order chi connectivity index (χ0) is 11.7. The second kappa shape index (κ2) is 4.74. The van der Waals surface area contributed by atoms with Gasteiger partial charge in [-0.05, 0) is 44.6 Å². The van der Waals surface area contributed by atoms with Crippen molar-refractivity contribution in [1.29, 1.82) is 0 Å². The van der Waals surface area contributed by atoms with Gasteiger partial charge < -0.3 is 10.2 Å². The predicted octanol–water partition coefficient (Wildman–Crippen LogP) is 1.63. The van der Waals surface area contributed by atoms with E-state index in [-0.39, 0.29) is 6.04 Å². The fourth-order valence-electron chi connectivity index (χ4n) is 3.10. The second-order valence-corrected chi connectivity index (χ2v) is 5.82. The smallest absolute Gasteiger partial charge is 0.239 e. The van der Waals surface area contributed by atoms with Crippen molar-refractivity contribution in [3.05, 3.63) is 0 Å². The first-order chi connectivity index (χ1) is 7.58. The lowest BCUT2D eigenvalue weighted by Crippen LogP contribution is -2.51. The molecule has 16 heavy (non-hydrogen) atoms. The SMILES string of the molecule is CC1CCNC(C(=O)N2CC(C)CC2C)C1. The minimum atomic E-state index is 0.0801. The molecular weight excluding hydrogens is 200 g/mol. The molecule has 2 fully saturated rings. The van der Waals surface area contributed by atoms with Gasteiger partial charge in [-0.15, -0.1) is 0 Å². The number of carbonyl (C=O) groups is 1. The Morgan fingerprint density at radius 2 is 1.94 bits per heavy atom. The summed E-state index contributed by atoms with van der Waals surface area (Å²) in [5.41, 5.74) is 0. The van der Waals surface area contributed by atoms with Crippen LogP contribution in [0.4, 0.5) is 0 Å². The first-order valence-corrected chi connectivity index (χ1v) is 6.61. The molecule has 2 saturated heterocycles. The van der Waals surface area contributed by atoms with E-state index in [4.69, 9.17) is 0 Å². The van der Waals surface area contributed by atoms with Gasteiger partial charge in [0.15, 0.2) is 0 Å². The van der Waals surface area contributed by atoms with Gasteiger partial charge >= 0.3 is 0 Å². The topological polar surface area (TPSA) is 32.3 Å². The number of likely N-dealkylation sites (tertiary alicyclic amines) is 1. The van der Waals surface area contributed by atoms with Crippen molar-refractivity contribution >= 4 is 5.91 Å². The predicted molar refractivity (Wildman–Crippen MR) is 65.1 cm³/mol. The molecule has 2 aliphatic rings. The van der Waals surface area contributed by atoms with Crippen LogP contribution in [0.15, 0.2) is 0 Å². The molecule has 1 amide bonds. The van der Waals surface area contributed by atoms with Crippen molar-refractivity contribution in [2.24, 2.45) is 11.8 Å². The highest BCUT2D eigenvalue weighted by Gasteiger charge is 2.35. The molecule has 0 aromatic carbocycles. The van der Waals surface area contributed by atoms with Gasteiger partial charge in [0.2, 0.25) is 5.91 Å². The van der Waals surface area contributed by atoms with E-state index in [2.05, 4.69) is 31.0 Å². The molecule has 92 valence electrons. The first-order valence-electron chi connectivity index (χ1n) is 6.61. The highest BCUT2D eigenvalue weighted by atomic mass is 16.2. The van der Waals surface area contributed by atoms with Crippen LogP contribution < -0.4 is 5.32 Å². The van der Waals surface area contributed by atoms with Crippen LogP contribution in [-0.2, 0) is 4.79 Å². The Balaban J connectivity index is 1.96. The molecule has 0 bridgehead atoms. The molecule has 1 N–H and O–H groups in total. The maximum Gasteiger partial charge on any atom is 0.239 e. The van der Waals surface area contributed by atoms with Crippen LogP contribution >= 0.6 is 0 Å². The average molecular weight is 224 g/mol. The van der Waals surface area contributed by atoms with Crippen LogP contribution in [0, 0.1) is 11.8 Å². The van der Waals surface area contributed by atoms with E-state index in [9.17, 15) is 4.79 Å². The van der Waals surface area contributed by atoms with E-state index in [1.807, 2.05) is 0 Å². The summed E-state index contributed by atoms with van der Waals surface area (Å²) < 4.78 is 0. The first kappa shape index (κ1) is 11.9. The third-order valence-electron chi connectivity index (χ3n) is 4.03. The summed E-state index contributed by atoms with van der Waals surface area (Å²) in [5, 5.41) is 3.37. The van der Waals surface area contributed by atoms with Crippen molar-refractivity contribution in [3.63, 3.8) is 0 Å². The molecule has 0 aromatic rings. The minimum absolute atomic E-state index is 0.0801. The summed E-state index contributed by atoms with van der Waals surface area (Å²) in [7, 11) is 0. The average Bonchev–Trinajstić information content (AvgIpc) is 2.57. The number of nitrogens with one attached hydrogen (secondary N) is 1. The quantitative estimate of drug-likeness (QED) is 0.734. The summed E-state index contributed by atoms with van der Waals surface area (Å²) >= 11 is 0. The fraction of sp³-hybridized carbons (Fsp3) is 0.923. The zero-order valence-corrected chi connectivity index (χ0v) is 10.7. The van der Waals surface area contributed by atoms with Crippen LogP contribution in [-0.4, -0.2) is 36.0 Å². The van der Waals surface area contributed by atoms with Crippen LogP contribution in [0.5, 0.6) is 0 Å². The maximum absolute atomic E-state index is 12.4. The van der Waals surface area contributed by atoms with Crippen LogP contribution in [0.1, 0.15) is 40.0 Å². The number of amides is 1. The lowest BCUT2D eigenvalue weighted by molar-refractivity contribution is -0.135. The Bertz CT molecular complexity index is 267. The van der Waals surface area contributed by atoms with Gasteiger partial charge in [-0.1, -0.05) is 13.8 Å². The highest BCUT2D eigenvalue weighted by Crippen LogP contribution is 2.25. The van der Waals surface area contributed by atoms with Gasteiger partial charge in [0, 0.05) is 12.6 Å². The number of carbonyl (C=O) groups excluding carboxylic acids is 1. The standard InChI is InChI=1S/C13H24N2O/c1-9-4-5-14-12(7-9)13(16)15-8-10(2)6-11(15)3/h9-12,14H,4-8H2,1-3H3. The highest BCUT2D eigenvalue weighted by molar-refractivity contribution is 5.82. The van der Waals surface area contributed by atoms with Gasteiger partial charge in [-0.2, -0.15) is 0 Å². The third kappa shape index (κ3) is 2.40. The molecular formula is C13H24N2O. The van der Waals surface area contributed by atoms with Crippen molar-refractivity contribution in [1.82, 2.24) is 10.2 Å². The lowest BCUT2D eigenvalue weighted by Gasteiger charge is -2.32. The van der Waals surface area contributed by atoms with Crippen LogP contribution in [0.2, 0.25) is 0 Å². The van der Waals surface area contributed by atoms with E-state index in [0.717, 1.165) is 25.9 Å². The largest absolute Gasteiger partial charge is 0.338 e. The van der Waals surface area contributed by atoms with E-state index < -0.39 is 0 Å². The van der Waals surface area contributed by atoms with Crippen LogP contribution in [0.25, 0.3) is 0 Å². The Kier molecular flexibility index (Phi) is 3.53. The van der Waals surface area contributed by atoms with Gasteiger partial charge in [0.05, 0.1) is 6.04 Å². The summed E-state index contributed by atoms with van der Waals surface area (Å²) in [6, 6.07) is 0.512. The molecule has 3 nitrogen and oxygen atoms in total. The van der Waals surface area contributed by atoms with E-state index >= 15 is 0 Å². The number of hydrogen-bond donors (Lipinski definition) is 1. The lowest BCUT2D eigenvalue weighted by atomic mass is 9.93. The molecule has 4 unspecified atom stereocenters. The van der Waals surface area contributed by atoms with Gasteiger partial charge in [-0.3, -0.25) is 4.79 Å². The number of piperidine rings is 1. The molecule has 2 heterocycles. The number of rotatable bonds is 1. The van der Waals surface area contributed by atoms with E-state index in [1.54, 1.807) is 0 Å². The monoisotopic (exact) mass is 224 g/mol. The summed E-state index contributed by atoms with van der Waals surface area (Å²) in [6.07, 6.45) is 3.38. The van der Waals surface area contributed by atoms with Crippen molar-refractivity contribution < 1.29 is 4.79 Å². The Morgan fingerprint density at radius 3 is 2.50 bits per heavy atom. The Labute approximate surface area is 98.6 Å². The third-order valence-corrected chi connectivity index (χ3v) is 4.03. The molecule has 0 saturated carbocycles. The molecule has 2 rings (SSSR count). The Hall–Kier alpha value is -0.570. The van der Waals surface area contributed by atoms with Gasteiger partial charge in [0.25, 0.3) is 0 Å². The second-order valence-electron chi connectivity index (χ2n) is 5.82. The number of nitrogens with zero attached hydrogens (tertiary/aromatic N) is 1. The minimum Gasteiger partial charge on any atom is -0.338 e. The van der Waals surface area contributed by atoms with Gasteiger partial charge in [-0.25, -0.2) is 0 Å². The Morgan fingerprint density at radius 1 is 1.19 bits per heavy atom. The fourth-order valence-corrected chi connectivity index (χ4v) is 3.10. The molecule has 4 atom stereocenters.